The van der Waals surface area contributed by atoms with Crippen LogP contribution < -0.4 is 15.6 Å². The zero-order valence-electron chi connectivity index (χ0n) is 20.0. The first-order chi connectivity index (χ1) is 16.8. The van der Waals surface area contributed by atoms with Gasteiger partial charge in [0.15, 0.2) is 0 Å². The van der Waals surface area contributed by atoms with Gasteiger partial charge in [-0.25, -0.2) is 14.4 Å². The number of hydrazine groups is 1. The van der Waals surface area contributed by atoms with Gasteiger partial charge in [-0.3, -0.25) is 9.59 Å². The molecule has 2 aromatic carbocycles. The molecule has 0 fully saturated rings. The van der Waals surface area contributed by atoms with Crippen LogP contribution in [0.25, 0.3) is 0 Å². The normalized spacial score (nSPS) is 10.8. The van der Waals surface area contributed by atoms with Gasteiger partial charge in [-0.1, -0.05) is 19.8 Å². The van der Waals surface area contributed by atoms with Gasteiger partial charge in [-0.2, -0.15) is 0 Å². The molecule has 0 unspecified atom stereocenters. The zero-order valence-corrected chi connectivity index (χ0v) is 21.6. The van der Waals surface area contributed by atoms with E-state index in [1.807, 2.05) is 31.2 Å². The zero-order chi connectivity index (χ0) is 25.4. The molecule has 0 saturated heterocycles. The molecule has 184 valence electrons. The predicted octanol–water partition coefficient (Wildman–Crippen LogP) is 5.96. The van der Waals surface area contributed by atoms with E-state index in [1.54, 1.807) is 24.3 Å². The topological polar surface area (TPSA) is 77.6 Å². The Kier molecular flexibility index (Phi) is 9.33. The van der Waals surface area contributed by atoms with E-state index < -0.39 is 17.6 Å². The first-order valence-electron chi connectivity index (χ1n) is 11.4. The second-order valence-corrected chi connectivity index (χ2v) is 9.03. The lowest BCUT2D eigenvalue weighted by Crippen LogP contribution is -2.37. The number of amides is 2. The number of hydrogen-bond donors (Lipinski definition) is 2. The summed E-state index contributed by atoms with van der Waals surface area (Å²) in [4.78, 5) is 29.8. The molecule has 35 heavy (non-hydrogen) atoms. The molecule has 0 atom stereocenters. The summed E-state index contributed by atoms with van der Waals surface area (Å²) >= 11 is 3.28. The SMILES string of the molecule is CCCCCN(C)N(C)c1ccc(C(=O)Nc2ccc(F)cc2C(=O)Nc2ccc(Br)cn2)cc1. The van der Waals surface area contributed by atoms with Gasteiger partial charge in [0.05, 0.1) is 16.9 Å². The number of nitrogens with one attached hydrogen (secondary N) is 2. The number of carbonyl (C=O) groups excluding carboxylic acids is 2. The molecule has 0 aliphatic carbocycles. The Balaban J connectivity index is 1.70. The number of aromatic nitrogens is 1. The monoisotopic (exact) mass is 541 g/mol. The van der Waals surface area contributed by atoms with E-state index in [0.717, 1.165) is 29.2 Å². The minimum atomic E-state index is -0.590. The standard InChI is InChI=1S/C26H29BrFN5O2/c1-4-5-6-15-32(2)33(3)21-11-7-18(8-12-21)25(34)30-23-13-10-20(28)16-22(23)26(35)31-24-14-9-19(27)17-29-24/h7-14,16-17H,4-6,15H2,1-3H3,(H,30,34)(H,29,31,35). The highest BCUT2D eigenvalue weighted by molar-refractivity contribution is 9.10. The van der Waals surface area contributed by atoms with Gasteiger partial charge in [-0.05, 0) is 76.9 Å². The third-order valence-corrected chi connectivity index (χ3v) is 6.01. The number of rotatable bonds is 10. The van der Waals surface area contributed by atoms with Crippen LogP contribution in [0, 0.1) is 5.82 Å². The molecule has 3 aromatic rings. The molecule has 1 aromatic heterocycles. The van der Waals surface area contributed by atoms with Crippen LogP contribution in [0.3, 0.4) is 0 Å². The Morgan fingerprint density at radius 2 is 1.71 bits per heavy atom. The van der Waals surface area contributed by atoms with Gasteiger partial charge in [-0.15, -0.1) is 0 Å². The summed E-state index contributed by atoms with van der Waals surface area (Å²) in [6.07, 6.45) is 5.00. The predicted molar refractivity (Wildman–Crippen MR) is 141 cm³/mol. The number of hydrogen-bond acceptors (Lipinski definition) is 5. The van der Waals surface area contributed by atoms with Crippen molar-refractivity contribution in [3.63, 3.8) is 0 Å². The van der Waals surface area contributed by atoms with Crippen LogP contribution in [0.5, 0.6) is 0 Å². The Morgan fingerprint density at radius 3 is 2.37 bits per heavy atom. The fourth-order valence-electron chi connectivity index (χ4n) is 3.41. The summed E-state index contributed by atoms with van der Waals surface area (Å²) < 4.78 is 14.7. The quantitative estimate of drug-likeness (QED) is 0.244. The molecule has 0 aliphatic rings. The van der Waals surface area contributed by atoms with Crippen LogP contribution in [0.4, 0.5) is 21.6 Å². The summed E-state index contributed by atoms with van der Waals surface area (Å²) in [6, 6.07) is 14.1. The lowest BCUT2D eigenvalue weighted by molar-refractivity contribution is 0.102. The first kappa shape index (κ1) is 26.3. The van der Waals surface area contributed by atoms with E-state index >= 15 is 0 Å². The van der Waals surface area contributed by atoms with Crippen LogP contribution in [-0.2, 0) is 0 Å². The molecule has 2 N–H and O–H groups in total. The maximum atomic E-state index is 13.9. The Bertz CT molecular complexity index is 1160. The molecule has 9 heteroatoms. The van der Waals surface area contributed by atoms with Crippen LogP contribution in [0.15, 0.2) is 65.3 Å². The van der Waals surface area contributed by atoms with Crippen molar-refractivity contribution in [2.45, 2.75) is 26.2 Å². The fourth-order valence-corrected chi connectivity index (χ4v) is 3.64. The van der Waals surface area contributed by atoms with Gasteiger partial charge in [0.2, 0.25) is 0 Å². The average Bonchev–Trinajstić information content (AvgIpc) is 2.86. The van der Waals surface area contributed by atoms with E-state index in [0.29, 0.717) is 11.4 Å². The number of halogens is 2. The molecule has 3 rings (SSSR count). The largest absolute Gasteiger partial charge is 0.321 e. The minimum Gasteiger partial charge on any atom is -0.321 e. The Morgan fingerprint density at radius 1 is 0.971 bits per heavy atom. The fraction of sp³-hybridized carbons (Fsp3) is 0.269. The van der Waals surface area contributed by atoms with Crippen molar-refractivity contribution in [1.29, 1.82) is 0 Å². The van der Waals surface area contributed by atoms with Crippen LogP contribution in [0.1, 0.15) is 46.9 Å². The molecule has 2 amide bonds. The van der Waals surface area contributed by atoms with Gasteiger partial charge in [0.25, 0.3) is 11.8 Å². The smallest absolute Gasteiger partial charge is 0.259 e. The lowest BCUT2D eigenvalue weighted by atomic mass is 10.1. The summed E-state index contributed by atoms with van der Waals surface area (Å²) in [6.45, 7) is 3.12. The maximum Gasteiger partial charge on any atom is 0.259 e. The third kappa shape index (κ3) is 7.34. The lowest BCUT2D eigenvalue weighted by Gasteiger charge is -2.30. The summed E-state index contributed by atoms with van der Waals surface area (Å²) in [5, 5.41) is 9.50. The minimum absolute atomic E-state index is 0.00636. The van der Waals surface area contributed by atoms with E-state index in [1.165, 1.54) is 31.2 Å². The van der Waals surface area contributed by atoms with Crippen molar-refractivity contribution in [3.05, 3.63) is 82.2 Å². The second kappa shape index (κ2) is 12.4. The molecule has 1 heterocycles. The molecule has 7 nitrogen and oxygen atoms in total. The molecular formula is C26H29BrFN5O2. The molecule has 0 saturated carbocycles. The molecule has 0 spiro atoms. The van der Waals surface area contributed by atoms with Gasteiger partial charge in [0.1, 0.15) is 11.6 Å². The molecule has 0 radical (unpaired) electrons. The van der Waals surface area contributed by atoms with E-state index in [-0.39, 0.29) is 11.3 Å². The van der Waals surface area contributed by atoms with Crippen molar-refractivity contribution in [2.75, 3.05) is 36.3 Å². The summed E-state index contributed by atoms with van der Waals surface area (Å²) in [5.41, 5.74) is 1.56. The van der Waals surface area contributed by atoms with E-state index in [2.05, 4.69) is 43.5 Å². The number of pyridine rings is 1. The maximum absolute atomic E-state index is 13.9. The summed E-state index contributed by atoms with van der Waals surface area (Å²) in [5.74, 6) is -1.28. The van der Waals surface area contributed by atoms with E-state index in [9.17, 15) is 14.0 Å². The van der Waals surface area contributed by atoms with Crippen molar-refractivity contribution < 1.29 is 14.0 Å². The molecule has 0 bridgehead atoms. The first-order valence-corrected chi connectivity index (χ1v) is 12.2. The van der Waals surface area contributed by atoms with Crippen molar-refractivity contribution in [3.8, 4) is 0 Å². The average molecular weight is 542 g/mol. The number of benzene rings is 2. The molecule has 0 aliphatic heterocycles. The second-order valence-electron chi connectivity index (χ2n) is 8.12. The van der Waals surface area contributed by atoms with Crippen molar-refractivity contribution in [1.82, 2.24) is 9.99 Å². The van der Waals surface area contributed by atoms with Crippen LogP contribution in [-0.4, -0.2) is 42.4 Å². The van der Waals surface area contributed by atoms with Gasteiger partial charge < -0.3 is 15.6 Å². The highest BCUT2D eigenvalue weighted by atomic mass is 79.9. The van der Waals surface area contributed by atoms with Gasteiger partial charge in [0, 0.05) is 36.9 Å². The number of nitrogens with zero attached hydrogens (tertiary/aromatic N) is 3. The Hall–Kier alpha value is -3.30. The molecular weight excluding hydrogens is 513 g/mol. The van der Waals surface area contributed by atoms with E-state index in [4.69, 9.17) is 0 Å². The summed E-state index contributed by atoms with van der Waals surface area (Å²) in [7, 11) is 4.01. The van der Waals surface area contributed by atoms with Crippen LogP contribution >= 0.6 is 15.9 Å². The third-order valence-electron chi connectivity index (χ3n) is 5.54. The Labute approximate surface area is 213 Å². The van der Waals surface area contributed by atoms with Crippen LogP contribution in [0.2, 0.25) is 0 Å². The number of unbranched alkanes of at least 4 members (excludes halogenated alkanes) is 2. The van der Waals surface area contributed by atoms with Crippen molar-refractivity contribution >= 4 is 44.9 Å². The van der Waals surface area contributed by atoms with Crippen molar-refractivity contribution in [2.24, 2.45) is 0 Å². The highest BCUT2D eigenvalue weighted by Gasteiger charge is 2.17. The van der Waals surface area contributed by atoms with Gasteiger partial charge >= 0.3 is 0 Å². The number of anilines is 3. The number of carbonyl (C=O) groups is 2. The highest BCUT2D eigenvalue weighted by Crippen LogP contribution is 2.21.